The zero-order valence-electron chi connectivity index (χ0n) is 13.2. The van der Waals surface area contributed by atoms with Crippen LogP contribution in [0.15, 0.2) is 0 Å². The summed E-state index contributed by atoms with van der Waals surface area (Å²) < 4.78 is 0. The third-order valence-corrected chi connectivity index (χ3v) is 2.84. The lowest BCUT2D eigenvalue weighted by Gasteiger charge is -2.21. The second kappa shape index (κ2) is 6.73. The average Bonchev–Trinajstić information content (AvgIpc) is 2.35. The number of hydrogen-bond donors (Lipinski definition) is 2. The van der Waals surface area contributed by atoms with E-state index < -0.39 is 0 Å². The van der Waals surface area contributed by atoms with Gasteiger partial charge in [-0.3, -0.25) is 0 Å². The van der Waals surface area contributed by atoms with Crippen LogP contribution in [0, 0.1) is 12.3 Å². The summed E-state index contributed by atoms with van der Waals surface area (Å²) in [6, 6.07) is 0. The molecule has 0 saturated heterocycles. The van der Waals surface area contributed by atoms with E-state index in [0.717, 1.165) is 49.0 Å². The van der Waals surface area contributed by atoms with Crippen molar-refractivity contribution in [2.45, 2.75) is 54.4 Å². The van der Waals surface area contributed by atoms with Crippen molar-refractivity contribution in [3.8, 4) is 0 Å². The first kappa shape index (κ1) is 15.7. The van der Waals surface area contributed by atoms with Crippen LogP contribution in [0.5, 0.6) is 0 Å². The monoisotopic (exact) mass is 264 g/mol. The van der Waals surface area contributed by atoms with Crippen LogP contribution in [0.2, 0.25) is 0 Å². The van der Waals surface area contributed by atoms with E-state index in [0.29, 0.717) is 0 Å². The van der Waals surface area contributed by atoms with E-state index in [2.05, 4.69) is 62.1 Å². The molecule has 0 aromatic carbocycles. The molecule has 0 fully saturated rings. The zero-order valence-corrected chi connectivity index (χ0v) is 13.2. The second-order valence-electron chi connectivity index (χ2n) is 6.16. The number of hydrogen-bond acceptors (Lipinski definition) is 4. The van der Waals surface area contributed by atoms with Gasteiger partial charge in [-0.1, -0.05) is 34.6 Å². The summed E-state index contributed by atoms with van der Waals surface area (Å²) in [7, 11) is 0. The van der Waals surface area contributed by atoms with Gasteiger partial charge in [-0.2, -0.15) is 0 Å². The third kappa shape index (κ3) is 5.05. The molecule has 2 N–H and O–H groups in total. The van der Waals surface area contributed by atoms with Crippen LogP contribution < -0.4 is 10.6 Å². The summed E-state index contributed by atoms with van der Waals surface area (Å²) in [4.78, 5) is 9.17. The lowest BCUT2D eigenvalue weighted by atomic mass is 9.97. The van der Waals surface area contributed by atoms with Crippen LogP contribution in [0.25, 0.3) is 0 Å². The van der Waals surface area contributed by atoms with Crippen LogP contribution in [0.4, 0.5) is 11.6 Å². The molecule has 0 unspecified atom stereocenters. The summed E-state index contributed by atoms with van der Waals surface area (Å²) in [5, 5.41) is 6.84. The number of aromatic nitrogens is 2. The molecule has 0 aliphatic carbocycles. The molecule has 0 spiro atoms. The third-order valence-electron chi connectivity index (χ3n) is 2.84. The van der Waals surface area contributed by atoms with Gasteiger partial charge in [-0.15, -0.1) is 0 Å². The van der Waals surface area contributed by atoms with Crippen molar-refractivity contribution in [2.24, 2.45) is 5.41 Å². The van der Waals surface area contributed by atoms with Gasteiger partial charge in [-0.05, 0) is 18.8 Å². The lowest BCUT2D eigenvalue weighted by molar-refractivity contribution is 0.442. The minimum absolute atomic E-state index is 0.237. The van der Waals surface area contributed by atoms with E-state index in [-0.39, 0.29) is 5.41 Å². The molecule has 0 aliphatic rings. The Morgan fingerprint density at radius 1 is 1.00 bits per heavy atom. The fraction of sp³-hybridized carbons (Fsp3) is 0.733. The quantitative estimate of drug-likeness (QED) is 0.824. The SMILES string of the molecule is CCCNc1nc(CC)nc(NCC(C)(C)C)c1C. The summed E-state index contributed by atoms with van der Waals surface area (Å²) in [6.07, 6.45) is 1.95. The van der Waals surface area contributed by atoms with Crippen molar-refractivity contribution in [2.75, 3.05) is 23.7 Å². The summed E-state index contributed by atoms with van der Waals surface area (Å²) in [6.45, 7) is 14.8. The highest BCUT2D eigenvalue weighted by Gasteiger charge is 2.14. The van der Waals surface area contributed by atoms with E-state index >= 15 is 0 Å². The molecule has 19 heavy (non-hydrogen) atoms. The fourth-order valence-corrected chi connectivity index (χ4v) is 1.66. The summed E-state index contributed by atoms with van der Waals surface area (Å²) in [5.41, 5.74) is 1.34. The molecule has 0 bridgehead atoms. The second-order valence-corrected chi connectivity index (χ2v) is 6.16. The Bertz CT molecular complexity index is 407. The Morgan fingerprint density at radius 3 is 2.05 bits per heavy atom. The van der Waals surface area contributed by atoms with Gasteiger partial charge in [0.1, 0.15) is 17.5 Å². The molecule has 1 rings (SSSR count). The molecule has 0 saturated carbocycles. The molecule has 0 atom stereocenters. The van der Waals surface area contributed by atoms with E-state index in [1.54, 1.807) is 0 Å². The van der Waals surface area contributed by atoms with Crippen molar-refractivity contribution in [3.63, 3.8) is 0 Å². The van der Waals surface area contributed by atoms with E-state index in [9.17, 15) is 0 Å². The van der Waals surface area contributed by atoms with Crippen LogP contribution in [0.1, 0.15) is 52.4 Å². The number of anilines is 2. The molecule has 0 radical (unpaired) electrons. The highest BCUT2D eigenvalue weighted by Crippen LogP contribution is 2.22. The largest absolute Gasteiger partial charge is 0.370 e. The van der Waals surface area contributed by atoms with E-state index in [1.165, 1.54) is 0 Å². The maximum absolute atomic E-state index is 4.60. The Morgan fingerprint density at radius 2 is 1.58 bits per heavy atom. The topological polar surface area (TPSA) is 49.8 Å². The maximum atomic E-state index is 4.60. The van der Waals surface area contributed by atoms with Gasteiger partial charge in [0.2, 0.25) is 0 Å². The van der Waals surface area contributed by atoms with Crippen LogP contribution in [-0.4, -0.2) is 23.1 Å². The molecule has 108 valence electrons. The first-order valence-electron chi connectivity index (χ1n) is 7.22. The van der Waals surface area contributed by atoms with Crippen molar-refractivity contribution in [3.05, 3.63) is 11.4 Å². The maximum Gasteiger partial charge on any atom is 0.134 e. The molecule has 4 heteroatoms. The minimum atomic E-state index is 0.237. The number of nitrogens with one attached hydrogen (secondary N) is 2. The van der Waals surface area contributed by atoms with Crippen molar-refractivity contribution < 1.29 is 0 Å². The summed E-state index contributed by atoms with van der Waals surface area (Å²) >= 11 is 0. The number of aryl methyl sites for hydroxylation is 1. The molecule has 1 aromatic rings. The van der Waals surface area contributed by atoms with E-state index in [4.69, 9.17) is 0 Å². The average molecular weight is 264 g/mol. The predicted molar refractivity (Wildman–Crippen MR) is 82.9 cm³/mol. The molecule has 1 heterocycles. The number of nitrogens with zero attached hydrogens (tertiary/aromatic N) is 2. The summed E-state index contributed by atoms with van der Waals surface area (Å²) in [5.74, 6) is 2.81. The van der Waals surface area contributed by atoms with Crippen molar-refractivity contribution in [1.82, 2.24) is 9.97 Å². The van der Waals surface area contributed by atoms with Crippen molar-refractivity contribution >= 4 is 11.6 Å². The Hall–Kier alpha value is -1.32. The lowest BCUT2D eigenvalue weighted by Crippen LogP contribution is -2.21. The molecule has 0 aliphatic heterocycles. The molecule has 4 nitrogen and oxygen atoms in total. The normalized spacial score (nSPS) is 11.5. The Labute approximate surface area is 117 Å². The highest BCUT2D eigenvalue weighted by molar-refractivity contribution is 5.57. The van der Waals surface area contributed by atoms with E-state index in [1.807, 2.05) is 0 Å². The van der Waals surface area contributed by atoms with Crippen LogP contribution >= 0.6 is 0 Å². The Balaban J connectivity index is 2.95. The van der Waals surface area contributed by atoms with Gasteiger partial charge in [0.25, 0.3) is 0 Å². The molecule has 1 aromatic heterocycles. The minimum Gasteiger partial charge on any atom is -0.370 e. The first-order chi connectivity index (χ1) is 8.87. The van der Waals surface area contributed by atoms with Gasteiger partial charge in [0.15, 0.2) is 0 Å². The molecule has 0 amide bonds. The fourth-order valence-electron chi connectivity index (χ4n) is 1.66. The van der Waals surface area contributed by atoms with Crippen LogP contribution in [-0.2, 0) is 6.42 Å². The highest BCUT2D eigenvalue weighted by atomic mass is 15.1. The van der Waals surface area contributed by atoms with Gasteiger partial charge >= 0.3 is 0 Å². The van der Waals surface area contributed by atoms with Crippen LogP contribution in [0.3, 0.4) is 0 Å². The van der Waals surface area contributed by atoms with Gasteiger partial charge < -0.3 is 10.6 Å². The van der Waals surface area contributed by atoms with Gasteiger partial charge in [0.05, 0.1) is 0 Å². The number of rotatable bonds is 6. The smallest absolute Gasteiger partial charge is 0.134 e. The molecular formula is C15H28N4. The zero-order chi connectivity index (χ0) is 14.5. The first-order valence-corrected chi connectivity index (χ1v) is 7.22. The van der Waals surface area contributed by atoms with Crippen molar-refractivity contribution in [1.29, 1.82) is 0 Å². The molecular weight excluding hydrogens is 236 g/mol. The van der Waals surface area contributed by atoms with Gasteiger partial charge in [0, 0.05) is 25.1 Å². The predicted octanol–water partition coefficient (Wildman–Crippen LogP) is 3.63. The standard InChI is InChI=1S/C15H28N4/c1-7-9-16-13-11(3)14(17-10-15(4,5)6)19-12(8-2)18-13/h7-10H2,1-6H3,(H2,16,17,18,19). The van der Waals surface area contributed by atoms with Gasteiger partial charge in [-0.25, -0.2) is 9.97 Å². The Kier molecular flexibility index (Phi) is 5.58.